The first-order chi connectivity index (χ1) is 2.77. The van der Waals surface area contributed by atoms with Gasteiger partial charge in [-0.25, -0.2) is 0 Å². The minimum absolute atomic E-state index is 0.708. The number of hydrogen-bond acceptors (Lipinski definition) is 2. The maximum atomic E-state index is 4.73. The van der Waals surface area contributed by atoms with E-state index in [9.17, 15) is 0 Å². The molecule has 0 aromatic rings. The molecular formula is C4H11NO. The van der Waals surface area contributed by atoms with Gasteiger partial charge in [0.2, 0.25) is 0 Å². The van der Waals surface area contributed by atoms with Crippen LogP contribution in [0.1, 0.15) is 0 Å². The van der Waals surface area contributed by atoms with Crippen LogP contribution in [0.3, 0.4) is 0 Å². The van der Waals surface area contributed by atoms with Crippen molar-refractivity contribution in [2.24, 2.45) is 0 Å². The fourth-order valence-corrected chi connectivity index (χ4v) is 0.258. The van der Waals surface area contributed by atoms with E-state index in [0.717, 1.165) is 0 Å². The Hall–Kier alpha value is -0.0800. The van der Waals surface area contributed by atoms with Crippen molar-refractivity contribution in [2.45, 2.75) is 0 Å². The van der Waals surface area contributed by atoms with Gasteiger partial charge in [-0.05, 0) is 14.1 Å². The van der Waals surface area contributed by atoms with E-state index in [-0.39, 0.29) is 0 Å². The van der Waals surface area contributed by atoms with E-state index in [1.54, 1.807) is 7.11 Å². The van der Waals surface area contributed by atoms with Crippen LogP contribution in [0, 0.1) is 0 Å². The Morgan fingerprint density at radius 1 is 1.50 bits per heavy atom. The van der Waals surface area contributed by atoms with Gasteiger partial charge in [0, 0.05) is 7.11 Å². The topological polar surface area (TPSA) is 12.5 Å². The van der Waals surface area contributed by atoms with Crippen LogP contribution in [-0.2, 0) is 4.74 Å². The minimum atomic E-state index is 0.708. The molecule has 0 unspecified atom stereocenters. The van der Waals surface area contributed by atoms with Crippen LogP contribution in [-0.4, -0.2) is 32.8 Å². The van der Waals surface area contributed by atoms with Crippen molar-refractivity contribution in [3.8, 4) is 0 Å². The predicted molar refractivity (Wildman–Crippen MR) is 25.6 cm³/mol. The molecule has 0 N–H and O–H groups in total. The summed E-state index contributed by atoms with van der Waals surface area (Å²) in [5.41, 5.74) is 0. The highest BCUT2D eigenvalue weighted by molar-refractivity contribution is 4.20. The summed E-state index contributed by atoms with van der Waals surface area (Å²) in [4.78, 5) is 1.96. The number of methoxy groups -OCH3 is 1. The molecule has 0 aromatic heterocycles. The van der Waals surface area contributed by atoms with E-state index >= 15 is 0 Å². The van der Waals surface area contributed by atoms with Gasteiger partial charge in [0.05, 0.1) is 6.73 Å². The number of nitrogens with zero attached hydrogens (tertiary/aromatic N) is 1. The molecule has 0 saturated carbocycles. The predicted octanol–water partition coefficient (Wildman–Crippen LogP) is 0.152. The molecule has 0 spiro atoms. The Kier molecular flexibility index (Phi) is 3.08. The van der Waals surface area contributed by atoms with Crippen LogP contribution in [0.4, 0.5) is 0 Å². The largest absolute Gasteiger partial charge is 0.369 e. The van der Waals surface area contributed by atoms with E-state index < -0.39 is 0 Å². The quantitative estimate of drug-likeness (QED) is 0.446. The van der Waals surface area contributed by atoms with Gasteiger partial charge in [-0.1, -0.05) is 0 Å². The van der Waals surface area contributed by atoms with Gasteiger partial charge in [0.15, 0.2) is 0 Å². The zero-order valence-electron chi connectivity index (χ0n) is 4.56. The first-order valence-corrected chi connectivity index (χ1v) is 1.91. The van der Waals surface area contributed by atoms with E-state index in [1.807, 2.05) is 19.0 Å². The summed E-state index contributed by atoms with van der Waals surface area (Å²) in [6.07, 6.45) is 0. The number of rotatable bonds is 2. The molecule has 0 rings (SSSR count). The molecular weight excluding hydrogens is 78.0 g/mol. The third-order valence-corrected chi connectivity index (χ3v) is 0.387. The lowest BCUT2D eigenvalue weighted by atomic mass is 10.9. The second-order valence-corrected chi connectivity index (χ2v) is 1.50. The van der Waals surface area contributed by atoms with Crippen molar-refractivity contribution in [3.63, 3.8) is 0 Å². The Balaban J connectivity index is 2.63. The normalized spacial score (nSPS) is 10.0. The first-order valence-electron chi connectivity index (χ1n) is 1.91. The summed E-state index contributed by atoms with van der Waals surface area (Å²) in [6.45, 7) is 0.708. The second-order valence-electron chi connectivity index (χ2n) is 1.50. The first kappa shape index (κ1) is 5.92. The van der Waals surface area contributed by atoms with Crippen molar-refractivity contribution < 1.29 is 4.74 Å². The highest BCUT2D eigenvalue weighted by Crippen LogP contribution is 1.68. The lowest BCUT2D eigenvalue weighted by Gasteiger charge is -2.04. The standard InChI is InChI=1S/C4H11NO/c1-5(2)4-6-3/h4H2,1-3H3. The smallest absolute Gasteiger partial charge is 0.0981 e. The molecule has 2 nitrogen and oxygen atoms in total. The zero-order valence-corrected chi connectivity index (χ0v) is 4.56. The lowest BCUT2D eigenvalue weighted by molar-refractivity contribution is 0.0994. The summed E-state index contributed by atoms with van der Waals surface area (Å²) in [5, 5.41) is 0. The third kappa shape index (κ3) is 3.92. The van der Waals surface area contributed by atoms with E-state index in [0.29, 0.717) is 6.73 Å². The maximum Gasteiger partial charge on any atom is 0.0981 e. The molecule has 0 bridgehead atoms. The number of ether oxygens (including phenoxy) is 1. The van der Waals surface area contributed by atoms with Gasteiger partial charge in [-0.15, -0.1) is 0 Å². The van der Waals surface area contributed by atoms with Crippen LogP contribution < -0.4 is 0 Å². The van der Waals surface area contributed by atoms with E-state index in [4.69, 9.17) is 4.74 Å². The SMILES string of the molecule is COCN(C)C. The third-order valence-electron chi connectivity index (χ3n) is 0.387. The van der Waals surface area contributed by atoms with Crippen LogP contribution >= 0.6 is 0 Å². The summed E-state index contributed by atoms with van der Waals surface area (Å²) < 4.78 is 4.73. The van der Waals surface area contributed by atoms with Crippen molar-refractivity contribution in [1.29, 1.82) is 0 Å². The monoisotopic (exact) mass is 89.1 g/mol. The highest BCUT2D eigenvalue weighted by Gasteiger charge is 1.78. The molecule has 38 valence electrons. The van der Waals surface area contributed by atoms with Gasteiger partial charge in [0.1, 0.15) is 0 Å². The summed E-state index contributed by atoms with van der Waals surface area (Å²) in [7, 11) is 5.60. The summed E-state index contributed by atoms with van der Waals surface area (Å²) >= 11 is 0. The molecule has 0 aliphatic heterocycles. The zero-order chi connectivity index (χ0) is 4.99. The van der Waals surface area contributed by atoms with Crippen molar-refractivity contribution >= 4 is 0 Å². The van der Waals surface area contributed by atoms with Crippen molar-refractivity contribution in [3.05, 3.63) is 0 Å². The molecule has 0 atom stereocenters. The average molecular weight is 89.1 g/mol. The molecule has 0 aliphatic rings. The molecule has 0 saturated heterocycles. The van der Waals surface area contributed by atoms with Crippen LogP contribution in [0.15, 0.2) is 0 Å². The minimum Gasteiger partial charge on any atom is -0.369 e. The Morgan fingerprint density at radius 2 is 2.00 bits per heavy atom. The van der Waals surface area contributed by atoms with Gasteiger partial charge in [-0.2, -0.15) is 0 Å². The molecule has 0 aliphatic carbocycles. The molecule has 2 heteroatoms. The fourth-order valence-electron chi connectivity index (χ4n) is 0.258. The van der Waals surface area contributed by atoms with Crippen molar-refractivity contribution in [1.82, 2.24) is 4.90 Å². The van der Waals surface area contributed by atoms with Gasteiger partial charge in [0.25, 0.3) is 0 Å². The van der Waals surface area contributed by atoms with Crippen molar-refractivity contribution in [2.75, 3.05) is 27.9 Å². The van der Waals surface area contributed by atoms with Crippen LogP contribution in [0.5, 0.6) is 0 Å². The highest BCUT2D eigenvalue weighted by atomic mass is 16.5. The van der Waals surface area contributed by atoms with Gasteiger partial charge >= 0.3 is 0 Å². The average Bonchev–Trinajstić information content (AvgIpc) is 1.35. The van der Waals surface area contributed by atoms with E-state index in [2.05, 4.69) is 0 Å². The Morgan fingerprint density at radius 3 is 2.00 bits per heavy atom. The maximum absolute atomic E-state index is 4.73. The van der Waals surface area contributed by atoms with Crippen LogP contribution in [0.2, 0.25) is 0 Å². The van der Waals surface area contributed by atoms with Crippen LogP contribution in [0.25, 0.3) is 0 Å². The second kappa shape index (κ2) is 3.12. The Labute approximate surface area is 38.7 Å². The Bertz CT molecular complexity index is 28.7. The summed E-state index contributed by atoms with van der Waals surface area (Å²) in [6, 6.07) is 0. The fraction of sp³-hybridized carbons (Fsp3) is 1.00. The molecule has 0 radical (unpaired) electrons. The molecule has 0 amide bonds. The molecule has 0 fully saturated rings. The molecule has 0 aromatic carbocycles. The number of hydrogen-bond donors (Lipinski definition) is 0. The van der Waals surface area contributed by atoms with Gasteiger partial charge in [-0.3, -0.25) is 4.90 Å². The molecule has 6 heavy (non-hydrogen) atoms. The lowest BCUT2D eigenvalue weighted by Crippen LogP contribution is -2.13. The molecule has 0 heterocycles. The summed E-state index contributed by atoms with van der Waals surface area (Å²) in [5.74, 6) is 0. The van der Waals surface area contributed by atoms with Gasteiger partial charge < -0.3 is 4.74 Å². The van der Waals surface area contributed by atoms with E-state index in [1.165, 1.54) is 0 Å².